The maximum Gasteiger partial charge on any atom is 0.224 e. The fourth-order valence-electron chi connectivity index (χ4n) is 3.79. The van der Waals surface area contributed by atoms with Crippen molar-refractivity contribution in [2.45, 2.75) is 11.3 Å². The highest BCUT2D eigenvalue weighted by atomic mass is 32.2. The number of sulfone groups is 1. The van der Waals surface area contributed by atoms with Crippen molar-refractivity contribution in [1.29, 1.82) is 5.26 Å². The Morgan fingerprint density at radius 1 is 1.25 bits per heavy atom. The van der Waals surface area contributed by atoms with Gasteiger partial charge in [-0.25, -0.2) is 8.42 Å². The van der Waals surface area contributed by atoms with Crippen LogP contribution in [0.25, 0.3) is 0 Å². The van der Waals surface area contributed by atoms with Crippen molar-refractivity contribution < 1.29 is 18.3 Å². The number of aromatic hydroxyl groups is 1. The lowest BCUT2D eigenvalue weighted by molar-refractivity contribution is -0.126. The van der Waals surface area contributed by atoms with Crippen LogP contribution in [0, 0.1) is 35.0 Å². The molecule has 0 spiro atoms. The third-order valence-electron chi connectivity index (χ3n) is 4.87. The van der Waals surface area contributed by atoms with Gasteiger partial charge >= 0.3 is 0 Å². The SMILES string of the molecule is N#CCNC(=O)C1C2C=CC(C2)C1CS(=O)(=O)c1ccc(O)cc1. The zero-order valence-electron chi connectivity index (χ0n) is 12.9. The van der Waals surface area contributed by atoms with Gasteiger partial charge in [0.25, 0.3) is 0 Å². The van der Waals surface area contributed by atoms with E-state index in [-0.39, 0.29) is 46.6 Å². The van der Waals surface area contributed by atoms with Gasteiger partial charge in [0.1, 0.15) is 12.3 Å². The normalized spacial score (nSPS) is 27.8. The maximum atomic E-state index is 12.7. The Morgan fingerprint density at radius 3 is 2.58 bits per heavy atom. The average Bonchev–Trinajstić information content (AvgIpc) is 3.14. The second-order valence-corrected chi connectivity index (χ2v) is 8.32. The molecule has 1 saturated carbocycles. The van der Waals surface area contributed by atoms with Crippen molar-refractivity contribution in [3.05, 3.63) is 36.4 Å². The second-order valence-electron chi connectivity index (χ2n) is 6.29. The van der Waals surface area contributed by atoms with E-state index in [1.54, 1.807) is 0 Å². The summed E-state index contributed by atoms with van der Waals surface area (Å²) in [6.07, 6.45) is 4.75. The van der Waals surface area contributed by atoms with Crippen molar-refractivity contribution >= 4 is 15.7 Å². The molecule has 0 aliphatic heterocycles. The first-order chi connectivity index (χ1) is 11.4. The van der Waals surface area contributed by atoms with E-state index in [9.17, 15) is 18.3 Å². The molecule has 0 radical (unpaired) electrons. The number of hydrogen-bond donors (Lipinski definition) is 2. The minimum Gasteiger partial charge on any atom is -0.508 e. The minimum atomic E-state index is -3.56. The Bertz CT molecular complexity index is 808. The Balaban J connectivity index is 1.82. The highest BCUT2D eigenvalue weighted by Crippen LogP contribution is 2.49. The molecule has 2 bridgehead atoms. The van der Waals surface area contributed by atoms with Crippen LogP contribution in [0.1, 0.15) is 6.42 Å². The summed E-state index contributed by atoms with van der Waals surface area (Å²) in [6, 6.07) is 7.29. The molecule has 3 rings (SSSR count). The third-order valence-corrected chi connectivity index (χ3v) is 6.69. The van der Waals surface area contributed by atoms with Gasteiger partial charge in [-0.05, 0) is 48.4 Å². The minimum absolute atomic E-state index is 0.00515. The summed E-state index contributed by atoms with van der Waals surface area (Å²) in [7, 11) is -3.56. The number of phenolic OH excluding ortho intramolecular Hbond substituents is 1. The van der Waals surface area contributed by atoms with Crippen LogP contribution in [0.15, 0.2) is 41.3 Å². The number of nitrogens with one attached hydrogen (secondary N) is 1. The second kappa shape index (κ2) is 6.29. The number of benzene rings is 1. The van der Waals surface area contributed by atoms with E-state index in [1.165, 1.54) is 24.3 Å². The van der Waals surface area contributed by atoms with Gasteiger partial charge in [0.2, 0.25) is 5.91 Å². The van der Waals surface area contributed by atoms with Gasteiger partial charge in [0, 0.05) is 5.92 Å². The molecule has 2 N–H and O–H groups in total. The highest BCUT2D eigenvalue weighted by Gasteiger charge is 2.49. The quantitative estimate of drug-likeness (QED) is 0.616. The molecule has 4 unspecified atom stereocenters. The Hall–Kier alpha value is -2.33. The largest absolute Gasteiger partial charge is 0.508 e. The topological polar surface area (TPSA) is 107 Å². The molecule has 1 fully saturated rings. The van der Waals surface area contributed by atoms with Crippen LogP contribution < -0.4 is 5.32 Å². The van der Waals surface area contributed by atoms with Gasteiger partial charge in [-0.15, -0.1) is 0 Å². The lowest BCUT2D eigenvalue weighted by Crippen LogP contribution is -2.39. The molecule has 0 heterocycles. The Morgan fingerprint density at radius 2 is 1.92 bits per heavy atom. The fourth-order valence-corrected chi connectivity index (χ4v) is 5.49. The van der Waals surface area contributed by atoms with Crippen molar-refractivity contribution in [1.82, 2.24) is 5.32 Å². The molecular weight excluding hydrogens is 328 g/mol. The van der Waals surface area contributed by atoms with Crippen LogP contribution in [0.5, 0.6) is 5.75 Å². The molecule has 1 amide bonds. The lowest BCUT2D eigenvalue weighted by atomic mass is 9.83. The zero-order chi connectivity index (χ0) is 17.3. The van der Waals surface area contributed by atoms with E-state index < -0.39 is 15.8 Å². The van der Waals surface area contributed by atoms with E-state index in [4.69, 9.17) is 5.26 Å². The predicted molar refractivity (Wildman–Crippen MR) is 86.5 cm³/mol. The number of carbonyl (C=O) groups excluding carboxylic acids is 1. The number of phenols is 1. The molecule has 0 aromatic heterocycles. The molecule has 2 aliphatic rings. The summed E-state index contributed by atoms with van der Waals surface area (Å²) < 4.78 is 25.3. The number of rotatable bonds is 5. The smallest absolute Gasteiger partial charge is 0.224 e. The molecule has 126 valence electrons. The molecule has 4 atom stereocenters. The molecule has 2 aliphatic carbocycles. The predicted octanol–water partition coefficient (Wildman–Crippen LogP) is 1.24. The zero-order valence-corrected chi connectivity index (χ0v) is 13.7. The maximum absolute atomic E-state index is 12.7. The van der Waals surface area contributed by atoms with E-state index in [2.05, 4.69) is 5.32 Å². The summed E-state index contributed by atoms with van der Waals surface area (Å²) in [6.45, 7) is -0.0755. The first kappa shape index (κ1) is 16.5. The summed E-state index contributed by atoms with van der Waals surface area (Å²) >= 11 is 0. The van der Waals surface area contributed by atoms with Gasteiger partial charge in [0.15, 0.2) is 9.84 Å². The van der Waals surface area contributed by atoms with Crippen LogP contribution in [0.4, 0.5) is 0 Å². The number of nitriles is 1. The highest BCUT2D eigenvalue weighted by molar-refractivity contribution is 7.91. The summed E-state index contributed by atoms with van der Waals surface area (Å²) in [5.74, 6) is -0.968. The van der Waals surface area contributed by atoms with Crippen LogP contribution >= 0.6 is 0 Å². The van der Waals surface area contributed by atoms with Crippen molar-refractivity contribution in [2.24, 2.45) is 23.7 Å². The summed E-state index contributed by atoms with van der Waals surface area (Å²) in [5.41, 5.74) is 0. The van der Waals surface area contributed by atoms with E-state index in [1.807, 2.05) is 18.2 Å². The Kier molecular flexibility index (Phi) is 4.33. The summed E-state index contributed by atoms with van der Waals surface area (Å²) in [4.78, 5) is 12.5. The molecule has 1 aromatic carbocycles. The first-order valence-electron chi connectivity index (χ1n) is 7.77. The van der Waals surface area contributed by atoms with Crippen LogP contribution in [-0.2, 0) is 14.6 Å². The molecule has 1 aromatic rings. The van der Waals surface area contributed by atoms with Crippen molar-refractivity contribution in [3.8, 4) is 11.8 Å². The average molecular weight is 346 g/mol. The van der Waals surface area contributed by atoms with Crippen LogP contribution in [0.3, 0.4) is 0 Å². The third kappa shape index (κ3) is 3.02. The van der Waals surface area contributed by atoms with Crippen LogP contribution in [0.2, 0.25) is 0 Å². The lowest BCUT2D eigenvalue weighted by Gasteiger charge is -2.26. The van der Waals surface area contributed by atoms with E-state index >= 15 is 0 Å². The number of amides is 1. The van der Waals surface area contributed by atoms with Gasteiger partial charge < -0.3 is 10.4 Å². The Labute approximate surface area is 140 Å². The van der Waals surface area contributed by atoms with E-state index in [0.29, 0.717) is 0 Å². The monoisotopic (exact) mass is 346 g/mol. The van der Waals surface area contributed by atoms with Gasteiger partial charge in [-0.3, -0.25) is 4.79 Å². The van der Waals surface area contributed by atoms with Crippen molar-refractivity contribution in [3.63, 3.8) is 0 Å². The van der Waals surface area contributed by atoms with Gasteiger partial charge in [-0.2, -0.15) is 5.26 Å². The fraction of sp³-hybridized carbons (Fsp3) is 0.412. The number of fused-ring (bicyclic) bond motifs is 2. The molecule has 24 heavy (non-hydrogen) atoms. The number of hydrogen-bond acceptors (Lipinski definition) is 5. The van der Waals surface area contributed by atoms with E-state index in [0.717, 1.165) is 6.42 Å². The first-order valence-corrected chi connectivity index (χ1v) is 9.42. The molecule has 6 nitrogen and oxygen atoms in total. The van der Waals surface area contributed by atoms with Crippen molar-refractivity contribution in [2.75, 3.05) is 12.3 Å². The summed E-state index contributed by atoms with van der Waals surface area (Å²) in [5, 5.41) is 20.5. The number of carbonyl (C=O) groups is 1. The molecule has 7 heteroatoms. The van der Waals surface area contributed by atoms with Gasteiger partial charge in [-0.1, -0.05) is 12.2 Å². The standard InChI is InChI=1S/C17H18N2O4S/c18-7-8-19-17(21)16-12-2-1-11(9-12)15(16)10-24(22,23)14-5-3-13(20)4-6-14/h1-6,11-12,15-16,20H,8-10H2,(H,19,21). The molecule has 0 saturated heterocycles. The van der Waals surface area contributed by atoms with Crippen LogP contribution in [-0.4, -0.2) is 31.7 Å². The number of nitrogens with zero attached hydrogens (tertiary/aromatic N) is 1. The number of allylic oxidation sites excluding steroid dienone is 2. The van der Waals surface area contributed by atoms with Gasteiger partial charge in [0.05, 0.1) is 16.7 Å². The molecular formula is C17H18N2O4S.